The Balaban J connectivity index is 2.38. The van der Waals surface area contributed by atoms with Crippen LogP contribution in [0.2, 0.25) is 0 Å². The zero-order valence-electron chi connectivity index (χ0n) is 9.61. The third kappa shape index (κ3) is 4.04. The van der Waals surface area contributed by atoms with Gasteiger partial charge in [0.2, 0.25) is 0 Å². The van der Waals surface area contributed by atoms with Gasteiger partial charge in [-0.15, -0.1) is 0 Å². The van der Waals surface area contributed by atoms with Crippen molar-refractivity contribution in [3.8, 4) is 0 Å². The number of β-amino-alcohol motifs (C(OH)–C–C–N with tert-alkyl or cyclic N) is 1. The van der Waals surface area contributed by atoms with Gasteiger partial charge < -0.3 is 19.9 Å². The molecule has 0 spiro atoms. The number of nitrogens with one attached hydrogen (secondary N) is 1. The van der Waals surface area contributed by atoms with Gasteiger partial charge in [0, 0.05) is 46.4 Å². The second-order valence-corrected chi connectivity index (χ2v) is 3.81. The van der Waals surface area contributed by atoms with Gasteiger partial charge in [0.25, 0.3) is 0 Å². The summed E-state index contributed by atoms with van der Waals surface area (Å²) in [5, 5.41) is 13.0. The number of ether oxygens (including phenoxy) is 2. The van der Waals surface area contributed by atoms with E-state index in [4.69, 9.17) is 9.47 Å². The van der Waals surface area contributed by atoms with Crippen LogP contribution in [0.1, 0.15) is 0 Å². The van der Waals surface area contributed by atoms with E-state index in [2.05, 4.69) is 10.2 Å². The van der Waals surface area contributed by atoms with Crippen LogP contribution in [-0.2, 0) is 9.47 Å². The van der Waals surface area contributed by atoms with Gasteiger partial charge in [-0.1, -0.05) is 0 Å². The fourth-order valence-electron chi connectivity index (χ4n) is 1.88. The van der Waals surface area contributed by atoms with E-state index >= 15 is 0 Å². The molecule has 5 nitrogen and oxygen atoms in total. The SMILES string of the molecule is COCCN(CCOC)[C@@H]1CNC[C@H]1O. The molecule has 1 saturated heterocycles. The van der Waals surface area contributed by atoms with Crippen molar-refractivity contribution in [3.63, 3.8) is 0 Å². The van der Waals surface area contributed by atoms with Crippen LogP contribution in [-0.4, -0.2) is 75.8 Å². The Morgan fingerprint density at radius 3 is 2.20 bits per heavy atom. The summed E-state index contributed by atoms with van der Waals surface area (Å²) in [5.74, 6) is 0. The lowest BCUT2D eigenvalue weighted by Crippen LogP contribution is -2.46. The van der Waals surface area contributed by atoms with Crippen molar-refractivity contribution in [2.45, 2.75) is 12.1 Å². The molecule has 1 aliphatic rings. The van der Waals surface area contributed by atoms with Crippen LogP contribution in [0, 0.1) is 0 Å². The molecular formula is C10H22N2O3. The predicted octanol–water partition coefficient (Wildman–Crippen LogP) is -1.09. The highest BCUT2D eigenvalue weighted by atomic mass is 16.5. The maximum absolute atomic E-state index is 9.77. The Morgan fingerprint density at radius 2 is 1.80 bits per heavy atom. The normalized spacial score (nSPS) is 26.4. The summed E-state index contributed by atoms with van der Waals surface area (Å²) in [5.41, 5.74) is 0. The van der Waals surface area contributed by atoms with E-state index in [-0.39, 0.29) is 12.1 Å². The molecular weight excluding hydrogens is 196 g/mol. The number of methoxy groups -OCH3 is 2. The third-order valence-corrected chi connectivity index (χ3v) is 2.79. The molecule has 2 atom stereocenters. The average Bonchev–Trinajstić information content (AvgIpc) is 2.65. The predicted molar refractivity (Wildman–Crippen MR) is 58.0 cm³/mol. The Morgan fingerprint density at radius 1 is 1.20 bits per heavy atom. The summed E-state index contributed by atoms with van der Waals surface area (Å²) in [4.78, 5) is 2.22. The smallest absolute Gasteiger partial charge is 0.0831 e. The molecule has 0 aliphatic carbocycles. The Labute approximate surface area is 91.3 Å². The topological polar surface area (TPSA) is 54.0 Å². The van der Waals surface area contributed by atoms with Gasteiger partial charge in [-0.3, -0.25) is 4.90 Å². The van der Waals surface area contributed by atoms with Crippen LogP contribution >= 0.6 is 0 Å². The number of aliphatic hydroxyl groups is 1. The number of aliphatic hydroxyl groups excluding tert-OH is 1. The fraction of sp³-hybridized carbons (Fsp3) is 1.00. The van der Waals surface area contributed by atoms with E-state index in [0.29, 0.717) is 19.8 Å². The molecule has 0 bridgehead atoms. The molecule has 0 saturated carbocycles. The molecule has 0 amide bonds. The summed E-state index contributed by atoms with van der Waals surface area (Å²) in [6.07, 6.45) is -0.279. The molecule has 0 aromatic heterocycles. The Kier molecular flexibility index (Phi) is 6.12. The van der Waals surface area contributed by atoms with Crippen LogP contribution in [0.15, 0.2) is 0 Å². The van der Waals surface area contributed by atoms with Gasteiger partial charge in [0.05, 0.1) is 19.3 Å². The lowest BCUT2D eigenvalue weighted by atomic mass is 10.2. The van der Waals surface area contributed by atoms with Gasteiger partial charge >= 0.3 is 0 Å². The summed E-state index contributed by atoms with van der Waals surface area (Å²) >= 11 is 0. The first-order chi connectivity index (χ1) is 7.29. The van der Waals surface area contributed by atoms with Gasteiger partial charge in [0.15, 0.2) is 0 Å². The molecule has 5 heteroatoms. The largest absolute Gasteiger partial charge is 0.390 e. The lowest BCUT2D eigenvalue weighted by molar-refractivity contribution is 0.0445. The number of nitrogens with zero attached hydrogens (tertiary/aromatic N) is 1. The molecule has 15 heavy (non-hydrogen) atoms. The zero-order chi connectivity index (χ0) is 11.1. The number of hydrogen-bond acceptors (Lipinski definition) is 5. The summed E-state index contributed by atoms with van der Waals surface area (Å²) in [6.45, 7) is 4.57. The molecule has 1 rings (SSSR count). The first-order valence-corrected chi connectivity index (χ1v) is 5.40. The summed E-state index contributed by atoms with van der Waals surface area (Å²) in [6, 6.07) is 0.190. The minimum atomic E-state index is -0.279. The highest BCUT2D eigenvalue weighted by Gasteiger charge is 2.29. The molecule has 1 aliphatic heterocycles. The molecule has 1 heterocycles. The maximum atomic E-state index is 9.77. The van der Waals surface area contributed by atoms with Gasteiger partial charge in [-0.05, 0) is 0 Å². The van der Waals surface area contributed by atoms with Crippen LogP contribution in [0.5, 0.6) is 0 Å². The molecule has 1 fully saturated rings. The quantitative estimate of drug-likeness (QED) is 0.569. The van der Waals surface area contributed by atoms with Crippen molar-refractivity contribution in [3.05, 3.63) is 0 Å². The van der Waals surface area contributed by atoms with Crippen molar-refractivity contribution >= 4 is 0 Å². The second kappa shape index (κ2) is 7.14. The first kappa shape index (κ1) is 12.9. The van der Waals surface area contributed by atoms with Crippen LogP contribution in [0.4, 0.5) is 0 Å². The molecule has 90 valence electrons. The van der Waals surface area contributed by atoms with Crippen molar-refractivity contribution in [1.82, 2.24) is 10.2 Å². The highest BCUT2D eigenvalue weighted by Crippen LogP contribution is 2.08. The molecule has 0 unspecified atom stereocenters. The monoisotopic (exact) mass is 218 g/mol. The standard InChI is InChI=1S/C10H22N2O3/c1-14-5-3-12(4-6-15-2)9-7-11-8-10(9)13/h9-11,13H,3-8H2,1-2H3/t9-,10-/m1/s1. The van der Waals surface area contributed by atoms with E-state index in [9.17, 15) is 5.11 Å². The minimum absolute atomic E-state index is 0.190. The summed E-state index contributed by atoms with van der Waals surface area (Å²) in [7, 11) is 3.38. The molecule has 0 aromatic carbocycles. The molecule has 2 N–H and O–H groups in total. The van der Waals surface area contributed by atoms with E-state index in [1.807, 2.05) is 0 Å². The van der Waals surface area contributed by atoms with E-state index in [1.54, 1.807) is 14.2 Å². The van der Waals surface area contributed by atoms with Crippen molar-refractivity contribution in [2.75, 3.05) is 53.6 Å². The van der Waals surface area contributed by atoms with Crippen LogP contribution < -0.4 is 5.32 Å². The summed E-state index contributed by atoms with van der Waals surface area (Å²) < 4.78 is 10.1. The van der Waals surface area contributed by atoms with Crippen molar-refractivity contribution in [2.24, 2.45) is 0 Å². The first-order valence-electron chi connectivity index (χ1n) is 5.40. The second-order valence-electron chi connectivity index (χ2n) is 3.81. The van der Waals surface area contributed by atoms with Crippen molar-refractivity contribution in [1.29, 1.82) is 0 Å². The van der Waals surface area contributed by atoms with E-state index in [0.717, 1.165) is 19.6 Å². The van der Waals surface area contributed by atoms with Crippen molar-refractivity contribution < 1.29 is 14.6 Å². The zero-order valence-corrected chi connectivity index (χ0v) is 9.61. The Hall–Kier alpha value is -0.200. The third-order valence-electron chi connectivity index (χ3n) is 2.79. The highest BCUT2D eigenvalue weighted by molar-refractivity contribution is 4.88. The fourth-order valence-corrected chi connectivity index (χ4v) is 1.88. The van der Waals surface area contributed by atoms with Gasteiger partial charge in [-0.2, -0.15) is 0 Å². The van der Waals surface area contributed by atoms with Gasteiger partial charge in [-0.25, -0.2) is 0 Å². The number of hydrogen-bond donors (Lipinski definition) is 2. The average molecular weight is 218 g/mol. The molecule has 0 aromatic rings. The van der Waals surface area contributed by atoms with Gasteiger partial charge in [0.1, 0.15) is 0 Å². The molecule has 0 radical (unpaired) electrons. The minimum Gasteiger partial charge on any atom is -0.390 e. The lowest BCUT2D eigenvalue weighted by Gasteiger charge is -2.29. The van der Waals surface area contributed by atoms with Crippen LogP contribution in [0.25, 0.3) is 0 Å². The van der Waals surface area contributed by atoms with E-state index in [1.165, 1.54) is 0 Å². The Bertz CT molecular complexity index is 161. The number of rotatable bonds is 7. The maximum Gasteiger partial charge on any atom is 0.0831 e. The van der Waals surface area contributed by atoms with E-state index < -0.39 is 0 Å². The van der Waals surface area contributed by atoms with Crippen LogP contribution in [0.3, 0.4) is 0 Å².